The summed E-state index contributed by atoms with van der Waals surface area (Å²) in [7, 11) is -4.15. The molecule has 90 valence electrons. The van der Waals surface area contributed by atoms with Gasteiger partial charge in [-0.2, -0.15) is 8.42 Å². The van der Waals surface area contributed by atoms with Gasteiger partial charge in [-0.3, -0.25) is 4.55 Å². The van der Waals surface area contributed by atoms with Crippen molar-refractivity contribution < 1.29 is 42.5 Å². The van der Waals surface area contributed by atoms with Gasteiger partial charge in [-0.15, -0.1) is 0 Å². The van der Waals surface area contributed by atoms with Crippen LogP contribution in [-0.2, 0) is 10.1 Å². The van der Waals surface area contributed by atoms with Gasteiger partial charge in [0.2, 0.25) is 0 Å². The van der Waals surface area contributed by atoms with Crippen LogP contribution in [0.25, 0.3) is 21.5 Å². The summed E-state index contributed by atoms with van der Waals surface area (Å²) in [6, 6.07) is 16.4. The van der Waals surface area contributed by atoms with Gasteiger partial charge in [0.05, 0.1) is 4.90 Å². The third-order valence-corrected chi connectivity index (χ3v) is 3.82. The molecule has 3 aromatic rings. The molecule has 0 atom stereocenters. The molecule has 0 aliphatic carbocycles. The van der Waals surface area contributed by atoms with Crippen molar-refractivity contribution in [1.29, 1.82) is 0 Å². The van der Waals surface area contributed by atoms with E-state index in [2.05, 4.69) is 0 Å². The first kappa shape index (κ1) is 14.5. The third kappa shape index (κ3) is 2.83. The van der Waals surface area contributed by atoms with Crippen LogP contribution in [-0.4, -0.2) is 13.0 Å². The molecule has 19 heavy (non-hydrogen) atoms. The second-order valence-electron chi connectivity index (χ2n) is 4.18. The number of hydrogen-bond acceptors (Lipinski definition) is 2. The largest absolute Gasteiger partial charge is 1.00 e. The molecule has 0 aliphatic heterocycles. The molecule has 1 N–H and O–H groups in total. The second-order valence-corrected chi connectivity index (χ2v) is 5.60. The molecule has 0 bridgehead atoms. The van der Waals surface area contributed by atoms with Crippen LogP contribution in [0.4, 0.5) is 0 Å². The average Bonchev–Trinajstić information content (AvgIpc) is 2.34. The minimum atomic E-state index is -4.15. The normalized spacial score (nSPS) is 11.4. The van der Waals surface area contributed by atoms with Crippen LogP contribution < -0.4 is 29.6 Å². The van der Waals surface area contributed by atoms with Crippen molar-refractivity contribution in [3.8, 4) is 0 Å². The summed E-state index contributed by atoms with van der Waals surface area (Å²) in [5.41, 5.74) is 0. The molecule has 0 fully saturated rings. The van der Waals surface area contributed by atoms with Crippen molar-refractivity contribution in [3.63, 3.8) is 0 Å². The topological polar surface area (TPSA) is 54.4 Å². The van der Waals surface area contributed by atoms with Crippen molar-refractivity contribution >= 4 is 31.7 Å². The molecule has 0 heterocycles. The Balaban J connectivity index is 0.00000133. The fourth-order valence-corrected chi connectivity index (χ4v) is 2.59. The van der Waals surface area contributed by atoms with Crippen LogP contribution in [0.1, 0.15) is 0 Å². The standard InChI is InChI=1S/C14H10O3S.Na/c15-18(16,17)14-6-5-12-7-10-3-1-2-4-11(10)8-13(12)9-14;/h1-9H,(H,15,16,17);/q;+1. The molecular weight excluding hydrogens is 271 g/mol. The molecule has 0 saturated heterocycles. The first-order chi connectivity index (χ1) is 8.54. The number of rotatable bonds is 1. The summed E-state index contributed by atoms with van der Waals surface area (Å²) < 4.78 is 31.2. The minimum Gasteiger partial charge on any atom is -0.282 e. The number of benzene rings is 3. The summed E-state index contributed by atoms with van der Waals surface area (Å²) in [6.07, 6.45) is 0. The maximum atomic E-state index is 11.1. The van der Waals surface area contributed by atoms with Gasteiger partial charge in [0, 0.05) is 0 Å². The zero-order valence-corrected chi connectivity index (χ0v) is 13.2. The van der Waals surface area contributed by atoms with Crippen LogP contribution in [0, 0.1) is 0 Å². The third-order valence-electron chi connectivity index (χ3n) is 2.97. The van der Waals surface area contributed by atoms with E-state index >= 15 is 0 Å². The predicted octanol–water partition coefficient (Wildman–Crippen LogP) is 0.244. The van der Waals surface area contributed by atoms with E-state index in [4.69, 9.17) is 4.55 Å². The average molecular weight is 281 g/mol. The minimum absolute atomic E-state index is 0. The van der Waals surface area contributed by atoms with E-state index in [9.17, 15) is 8.42 Å². The zero-order valence-electron chi connectivity index (χ0n) is 10.4. The van der Waals surface area contributed by atoms with E-state index in [1.54, 1.807) is 6.07 Å². The van der Waals surface area contributed by atoms with Crippen LogP contribution in [0.5, 0.6) is 0 Å². The molecule has 5 heteroatoms. The second kappa shape index (κ2) is 5.23. The van der Waals surface area contributed by atoms with Gasteiger partial charge in [0.25, 0.3) is 10.1 Å². The maximum Gasteiger partial charge on any atom is 1.00 e. The molecule has 0 unspecified atom stereocenters. The summed E-state index contributed by atoms with van der Waals surface area (Å²) >= 11 is 0. The summed E-state index contributed by atoms with van der Waals surface area (Å²) in [5.74, 6) is 0. The number of fused-ring (bicyclic) bond motifs is 2. The van der Waals surface area contributed by atoms with E-state index in [-0.39, 0.29) is 34.5 Å². The fraction of sp³-hybridized carbons (Fsp3) is 0. The van der Waals surface area contributed by atoms with Crippen molar-refractivity contribution in [2.24, 2.45) is 0 Å². The van der Waals surface area contributed by atoms with Gasteiger partial charge in [-0.1, -0.05) is 30.3 Å². The van der Waals surface area contributed by atoms with Gasteiger partial charge < -0.3 is 0 Å². The van der Waals surface area contributed by atoms with E-state index in [1.165, 1.54) is 12.1 Å². The molecule has 0 aliphatic rings. The summed E-state index contributed by atoms with van der Waals surface area (Å²) in [4.78, 5) is -0.0784. The van der Waals surface area contributed by atoms with Gasteiger partial charge in [0.1, 0.15) is 0 Å². The Kier molecular flexibility index (Phi) is 3.99. The van der Waals surface area contributed by atoms with E-state index in [1.807, 2.05) is 36.4 Å². The predicted molar refractivity (Wildman–Crippen MR) is 71.3 cm³/mol. The Morgan fingerprint density at radius 1 is 0.737 bits per heavy atom. The quantitative estimate of drug-likeness (QED) is 0.395. The first-order valence-corrected chi connectivity index (χ1v) is 6.88. The maximum absolute atomic E-state index is 11.1. The zero-order chi connectivity index (χ0) is 12.8. The van der Waals surface area contributed by atoms with E-state index in [0.717, 1.165) is 21.5 Å². The van der Waals surface area contributed by atoms with Crippen molar-refractivity contribution in [3.05, 3.63) is 54.6 Å². The van der Waals surface area contributed by atoms with E-state index < -0.39 is 10.1 Å². The molecule has 3 nitrogen and oxygen atoms in total. The molecule has 0 spiro atoms. The first-order valence-electron chi connectivity index (χ1n) is 5.44. The molecule has 0 amide bonds. The van der Waals surface area contributed by atoms with Crippen LogP contribution in [0.15, 0.2) is 59.5 Å². The molecule has 0 radical (unpaired) electrons. The van der Waals surface area contributed by atoms with Crippen molar-refractivity contribution in [2.75, 3.05) is 0 Å². The fourth-order valence-electron chi connectivity index (χ4n) is 2.08. The smallest absolute Gasteiger partial charge is 0.282 e. The SMILES string of the molecule is O=S(=O)(O)c1ccc2cc3ccccc3cc2c1.[Na+]. The Hall–Kier alpha value is -0.910. The van der Waals surface area contributed by atoms with Crippen molar-refractivity contribution in [1.82, 2.24) is 0 Å². The van der Waals surface area contributed by atoms with E-state index in [0.29, 0.717) is 0 Å². The van der Waals surface area contributed by atoms with Crippen LogP contribution in [0.2, 0.25) is 0 Å². The Morgan fingerprint density at radius 2 is 1.26 bits per heavy atom. The molecule has 3 rings (SSSR count). The monoisotopic (exact) mass is 281 g/mol. The van der Waals surface area contributed by atoms with Gasteiger partial charge in [-0.25, -0.2) is 0 Å². The molecule has 0 aromatic heterocycles. The Labute approximate surface area is 133 Å². The molecule has 0 saturated carbocycles. The van der Waals surface area contributed by atoms with Crippen molar-refractivity contribution in [2.45, 2.75) is 4.90 Å². The van der Waals surface area contributed by atoms with Gasteiger partial charge in [-0.05, 0) is 45.8 Å². The number of hydrogen-bond donors (Lipinski definition) is 1. The van der Waals surface area contributed by atoms with Gasteiger partial charge in [0.15, 0.2) is 0 Å². The van der Waals surface area contributed by atoms with Crippen LogP contribution >= 0.6 is 0 Å². The summed E-state index contributed by atoms with van der Waals surface area (Å²) in [5, 5.41) is 3.88. The van der Waals surface area contributed by atoms with Gasteiger partial charge >= 0.3 is 29.6 Å². The Morgan fingerprint density at radius 3 is 1.84 bits per heavy atom. The Bertz CT molecular complexity index is 857. The molecular formula is C14H10NaO3S+. The molecule has 3 aromatic carbocycles. The summed E-state index contributed by atoms with van der Waals surface area (Å²) in [6.45, 7) is 0. The van der Waals surface area contributed by atoms with Crippen LogP contribution in [0.3, 0.4) is 0 Å².